The Morgan fingerprint density at radius 2 is 1.50 bits per heavy atom. The van der Waals surface area contributed by atoms with E-state index in [1.165, 1.54) is 11.1 Å². The summed E-state index contributed by atoms with van der Waals surface area (Å²) >= 11 is 5.93. The molecule has 2 heteroatoms. The number of hydrogen-bond donors (Lipinski definition) is 0. The van der Waals surface area contributed by atoms with Crippen molar-refractivity contribution in [3.63, 3.8) is 0 Å². The third-order valence-corrected chi connectivity index (χ3v) is 5.56. The number of allylic oxidation sites excluding steroid dienone is 1. The monoisotopic (exact) mass is 335 g/mol. The van der Waals surface area contributed by atoms with Gasteiger partial charge in [0.2, 0.25) is 0 Å². The molecule has 0 unspecified atom stereocenters. The summed E-state index contributed by atoms with van der Waals surface area (Å²) in [5.41, 5.74) is 2.73. The van der Waals surface area contributed by atoms with Crippen LogP contribution in [0.3, 0.4) is 0 Å². The highest BCUT2D eigenvalue weighted by Crippen LogP contribution is 2.45. The molecule has 3 atom stereocenters. The second kappa shape index (κ2) is 7.76. The first-order valence-corrected chi connectivity index (χ1v) is 9.16. The average Bonchev–Trinajstić information content (AvgIpc) is 3.07. The van der Waals surface area contributed by atoms with Gasteiger partial charge in [0, 0.05) is 5.92 Å². The largest absolute Gasteiger partial charge is 0.352 e. The van der Waals surface area contributed by atoms with Crippen LogP contribution in [0.5, 0.6) is 0 Å². The van der Waals surface area contributed by atoms with Crippen LogP contribution in [-0.2, 0) is 0 Å². The molecule has 0 aromatic heterocycles. The molecule has 0 amide bonds. The fourth-order valence-electron chi connectivity index (χ4n) is 3.73. The molecule has 3 rings (SSSR count). The quantitative estimate of drug-likeness (QED) is 0.479. The van der Waals surface area contributed by atoms with Crippen molar-refractivity contribution in [2.24, 2.45) is 5.92 Å². The minimum Gasteiger partial charge on any atom is -0.352 e. The number of benzene rings is 2. The zero-order valence-corrected chi connectivity index (χ0v) is 15.1. The Morgan fingerprint density at radius 1 is 1.04 bits per heavy atom. The van der Waals surface area contributed by atoms with Crippen molar-refractivity contribution in [3.05, 3.63) is 84.4 Å². The van der Waals surface area contributed by atoms with Crippen LogP contribution in [-0.4, -0.2) is 9.89 Å². The predicted molar refractivity (Wildman–Crippen MR) is 106 cm³/mol. The Bertz CT molecular complexity index is 632. The van der Waals surface area contributed by atoms with Crippen molar-refractivity contribution < 1.29 is 0 Å². The van der Waals surface area contributed by atoms with Crippen LogP contribution in [0.25, 0.3) is 0 Å². The summed E-state index contributed by atoms with van der Waals surface area (Å²) in [5.74, 6) is 0.341. The molecule has 124 valence electrons. The highest BCUT2D eigenvalue weighted by atomic mass is 32.1. The number of rotatable bonds is 5. The van der Waals surface area contributed by atoms with Gasteiger partial charge in [-0.25, -0.2) is 0 Å². The molecule has 0 aliphatic carbocycles. The molecule has 2 aromatic carbocycles. The Morgan fingerprint density at radius 3 is 1.92 bits per heavy atom. The zero-order valence-electron chi connectivity index (χ0n) is 14.3. The van der Waals surface area contributed by atoms with Crippen LogP contribution in [0.1, 0.15) is 49.4 Å². The standard InChI is InChI=1S/C22H25NS/c1-3-10-17(2)22(24)23-20(18-11-6-4-7-12-18)15-16-21(23)19-13-8-5-9-14-19/h3-9,11-14,17,20-21H,1,10,15-16H2,2H3/t17-,20+,21+/m0/s1. The minimum atomic E-state index is 0.341. The Labute approximate surface area is 151 Å². The fraction of sp³-hybridized carbons (Fsp3) is 0.318. The summed E-state index contributed by atoms with van der Waals surface area (Å²) < 4.78 is 0. The molecule has 1 heterocycles. The zero-order chi connectivity index (χ0) is 16.9. The maximum atomic E-state index is 5.93. The molecule has 0 spiro atoms. The van der Waals surface area contributed by atoms with Crippen molar-refractivity contribution in [1.29, 1.82) is 0 Å². The second-order valence-corrected chi connectivity index (χ2v) is 7.02. The van der Waals surface area contributed by atoms with Gasteiger partial charge in [-0.3, -0.25) is 0 Å². The van der Waals surface area contributed by atoms with Gasteiger partial charge in [0.05, 0.1) is 17.1 Å². The molecule has 24 heavy (non-hydrogen) atoms. The van der Waals surface area contributed by atoms with Gasteiger partial charge in [0.15, 0.2) is 0 Å². The fourth-order valence-corrected chi connectivity index (χ4v) is 4.08. The first-order chi connectivity index (χ1) is 11.7. The van der Waals surface area contributed by atoms with Crippen LogP contribution in [0, 0.1) is 5.92 Å². The van der Waals surface area contributed by atoms with Crippen molar-refractivity contribution >= 4 is 17.2 Å². The molecule has 0 N–H and O–H groups in total. The number of nitrogens with zero attached hydrogens (tertiary/aromatic N) is 1. The lowest BCUT2D eigenvalue weighted by molar-refractivity contribution is 0.313. The number of likely N-dealkylation sites (tertiary alicyclic amines) is 1. The second-order valence-electron chi connectivity index (χ2n) is 6.60. The number of thiocarbonyl (C=S) groups is 1. The summed E-state index contributed by atoms with van der Waals surface area (Å²) in [6.45, 7) is 6.10. The van der Waals surface area contributed by atoms with Crippen molar-refractivity contribution in [2.45, 2.75) is 38.3 Å². The average molecular weight is 336 g/mol. The molecule has 1 saturated heterocycles. The molecule has 1 fully saturated rings. The maximum absolute atomic E-state index is 5.93. The summed E-state index contributed by atoms with van der Waals surface area (Å²) in [7, 11) is 0. The van der Waals surface area contributed by atoms with Crippen LogP contribution >= 0.6 is 12.2 Å². The van der Waals surface area contributed by atoms with E-state index in [9.17, 15) is 0 Å². The van der Waals surface area contributed by atoms with Crippen molar-refractivity contribution in [3.8, 4) is 0 Å². The van der Waals surface area contributed by atoms with Gasteiger partial charge >= 0.3 is 0 Å². The van der Waals surface area contributed by atoms with Gasteiger partial charge in [0.1, 0.15) is 0 Å². The van der Waals surface area contributed by atoms with E-state index in [4.69, 9.17) is 12.2 Å². The van der Waals surface area contributed by atoms with Gasteiger partial charge in [0.25, 0.3) is 0 Å². The Kier molecular flexibility index (Phi) is 5.47. The van der Waals surface area contributed by atoms with E-state index in [1.807, 2.05) is 6.08 Å². The van der Waals surface area contributed by atoms with E-state index < -0.39 is 0 Å². The third kappa shape index (κ3) is 3.44. The third-order valence-electron chi connectivity index (χ3n) is 4.95. The molecule has 0 saturated carbocycles. The Balaban J connectivity index is 1.95. The number of hydrogen-bond acceptors (Lipinski definition) is 1. The van der Waals surface area contributed by atoms with E-state index in [0.717, 1.165) is 24.3 Å². The molecule has 0 radical (unpaired) electrons. The molecule has 0 bridgehead atoms. The molecule has 1 nitrogen and oxygen atoms in total. The van der Waals surface area contributed by atoms with E-state index in [1.54, 1.807) is 0 Å². The normalized spacial score (nSPS) is 21.5. The van der Waals surface area contributed by atoms with E-state index in [2.05, 4.69) is 79.1 Å². The first-order valence-electron chi connectivity index (χ1n) is 8.75. The summed E-state index contributed by atoms with van der Waals surface area (Å²) in [6.07, 6.45) is 5.19. The van der Waals surface area contributed by atoms with Crippen LogP contribution in [0.4, 0.5) is 0 Å². The van der Waals surface area contributed by atoms with Crippen LogP contribution in [0.15, 0.2) is 73.3 Å². The van der Waals surface area contributed by atoms with Gasteiger partial charge in [-0.15, -0.1) is 6.58 Å². The summed E-state index contributed by atoms with van der Waals surface area (Å²) in [4.78, 5) is 3.56. The molecular formula is C22H25NS. The minimum absolute atomic E-state index is 0.341. The molecule has 1 aliphatic heterocycles. The first kappa shape index (κ1) is 16.9. The summed E-state index contributed by atoms with van der Waals surface area (Å²) in [6, 6.07) is 22.3. The molecular weight excluding hydrogens is 310 g/mol. The van der Waals surface area contributed by atoms with Crippen LogP contribution in [0.2, 0.25) is 0 Å². The van der Waals surface area contributed by atoms with Gasteiger partial charge < -0.3 is 4.90 Å². The van der Waals surface area contributed by atoms with E-state index in [0.29, 0.717) is 18.0 Å². The molecule has 1 aliphatic rings. The summed E-state index contributed by atoms with van der Waals surface area (Å²) in [5, 5.41) is 0. The topological polar surface area (TPSA) is 3.24 Å². The van der Waals surface area contributed by atoms with Gasteiger partial charge in [-0.2, -0.15) is 0 Å². The smallest absolute Gasteiger partial charge is 0.0821 e. The lowest BCUT2D eigenvalue weighted by Crippen LogP contribution is -2.35. The van der Waals surface area contributed by atoms with Crippen LogP contribution < -0.4 is 0 Å². The lowest BCUT2D eigenvalue weighted by Gasteiger charge is -2.35. The van der Waals surface area contributed by atoms with Gasteiger partial charge in [-0.05, 0) is 30.4 Å². The Hall–Kier alpha value is -1.93. The predicted octanol–water partition coefficient (Wildman–Crippen LogP) is 6.10. The van der Waals surface area contributed by atoms with Gasteiger partial charge in [-0.1, -0.05) is 85.9 Å². The van der Waals surface area contributed by atoms with Crippen molar-refractivity contribution in [1.82, 2.24) is 4.90 Å². The van der Waals surface area contributed by atoms with Crippen molar-refractivity contribution in [2.75, 3.05) is 0 Å². The molecule has 2 aromatic rings. The van der Waals surface area contributed by atoms with E-state index >= 15 is 0 Å². The maximum Gasteiger partial charge on any atom is 0.0821 e. The highest BCUT2D eigenvalue weighted by Gasteiger charge is 2.37. The highest BCUT2D eigenvalue weighted by molar-refractivity contribution is 7.80. The lowest BCUT2D eigenvalue weighted by atomic mass is 10.0. The van der Waals surface area contributed by atoms with E-state index in [-0.39, 0.29) is 0 Å². The SMILES string of the molecule is C=CC[C@H](C)C(=S)N1[C@@H](c2ccccc2)CC[C@@H]1c1ccccc1.